The second-order valence-corrected chi connectivity index (χ2v) is 6.33. The molecule has 7 nitrogen and oxygen atoms in total. The zero-order valence-electron chi connectivity index (χ0n) is 13.3. The van der Waals surface area contributed by atoms with Crippen molar-refractivity contribution in [3.8, 4) is 0 Å². The van der Waals surface area contributed by atoms with Gasteiger partial charge in [-0.2, -0.15) is 0 Å². The molecular formula is C16H20N2O5. The number of aryl methyl sites for hydroxylation is 1. The first kappa shape index (κ1) is 17.1. The topological polar surface area (TPSA) is 93.7 Å². The molecule has 1 fully saturated rings. The second-order valence-electron chi connectivity index (χ2n) is 6.33. The SMILES string of the molecule is CC(C)(C)OOC1(CCc2ccccc2)C(=O)NC(=O)NC1=O. The molecule has 4 amide bonds. The Bertz CT molecular complexity index is 587. The van der Waals surface area contributed by atoms with Crippen LogP contribution in [0, 0.1) is 0 Å². The summed E-state index contributed by atoms with van der Waals surface area (Å²) < 4.78 is 0. The molecular weight excluding hydrogens is 300 g/mol. The fourth-order valence-corrected chi connectivity index (χ4v) is 2.05. The van der Waals surface area contributed by atoms with Gasteiger partial charge in [-0.15, -0.1) is 0 Å². The van der Waals surface area contributed by atoms with E-state index in [0.717, 1.165) is 5.56 Å². The molecule has 23 heavy (non-hydrogen) atoms. The number of hydrogen-bond acceptors (Lipinski definition) is 5. The summed E-state index contributed by atoms with van der Waals surface area (Å²) in [4.78, 5) is 46.3. The number of imide groups is 2. The van der Waals surface area contributed by atoms with Gasteiger partial charge in [-0.1, -0.05) is 30.3 Å². The number of carbonyl (C=O) groups is 3. The summed E-state index contributed by atoms with van der Waals surface area (Å²) in [7, 11) is 0. The third-order valence-electron chi connectivity index (χ3n) is 3.23. The van der Waals surface area contributed by atoms with E-state index in [1.165, 1.54) is 0 Å². The van der Waals surface area contributed by atoms with E-state index in [1.807, 2.05) is 30.3 Å². The maximum Gasteiger partial charge on any atom is 0.328 e. The average Bonchev–Trinajstić information content (AvgIpc) is 2.46. The molecule has 1 heterocycles. The molecule has 1 aromatic rings. The molecule has 0 spiro atoms. The minimum absolute atomic E-state index is 0.0397. The molecule has 0 aliphatic carbocycles. The maximum atomic E-state index is 12.3. The molecule has 1 saturated heterocycles. The fourth-order valence-electron chi connectivity index (χ4n) is 2.05. The molecule has 7 heteroatoms. The number of benzene rings is 1. The van der Waals surface area contributed by atoms with Crippen LogP contribution in [0.5, 0.6) is 0 Å². The standard InChI is InChI=1S/C16H20N2O5/c1-15(2,3)22-23-16(10-9-11-7-5-4-6-8-11)12(19)17-14(21)18-13(16)20/h4-8H,9-10H2,1-3H3,(H2,17,18,19,20,21). The van der Waals surface area contributed by atoms with Crippen LogP contribution in [-0.4, -0.2) is 29.0 Å². The number of carbonyl (C=O) groups excluding carboxylic acids is 3. The van der Waals surface area contributed by atoms with Crippen LogP contribution in [0.3, 0.4) is 0 Å². The summed E-state index contributed by atoms with van der Waals surface area (Å²) in [5, 5.41) is 4.12. The number of nitrogens with one attached hydrogen (secondary N) is 2. The predicted octanol–water partition coefficient (Wildman–Crippen LogP) is 1.47. The van der Waals surface area contributed by atoms with Gasteiger partial charge in [-0.05, 0) is 32.8 Å². The van der Waals surface area contributed by atoms with Gasteiger partial charge in [0.25, 0.3) is 17.4 Å². The lowest BCUT2D eigenvalue weighted by Crippen LogP contribution is -2.68. The predicted molar refractivity (Wildman–Crippen MR) is 81.1 cm³/mol. The molecule has 0 radical (unpaired) electrons. The highest BCUT2D eigenvalue weighted by molar-refractivity contribution is 6.21. The second kappa shape index (κ2) is 6.47. The maximum absolute atomic E-state index is 12.3. The molecule has 0 saturated carbocycles. The molecule has 1 aliphatic rings. The van der Waals surface area contributed by atoms with Crippen LogP contribution in [0.25, 0.3) is 0 Å². The Balaban J connectivity index is 2.21. The van der Waals surface area contributed by atoms with Crippen molar-refractivity contribution in [1.82, 2.24) is 10.6 Å². The number of urea groups is 1. The summed E-state index contributed by atoms with van der Waals surface area (Å²) in [6.45, 7) is 5.17. The van der Waals surface area contributed by atoms with E-state index in [2.05, 4.69) is 10.6 Å². The number of barbiturate groups is 1. The first-order valence-electron chi connectivity index (χ1n) is 7.31. The molecule has 1 aromatic carbocycles. The van der Waals surface area contributed by atoms with E-state index < -0.39 is 29.0 Å². The molecule has 0 aromatic heterocycles. The van der Waals surface area contributed by atoms with Gasteiger partial charge < -0.3 is 0 Å². The molecule has 124 valence electrons. The molecule has 2 N–H and O–H groups in total. The van der Waals surface area contributed by atoms with Gasteiger partial charge in [-0.3, -0.25) is 20.2 Å². The van der Waals surface area contributed by atoms with Crippen molar-refractivity contribution in [1.29, 1.82) is 0 Å². The van der Waals surface area contributed by atoms with Gasteiger partial charge in [0, 0.05) is 6.42 Å². The van der Waals surface area contributed by atoms with Gasteiger partial charge in [0.05, 0.1) is 5.60 Å². The number of amides is 4. The highest BCUT2D eigenvalue weighted by Gasteiger charge is 2.53. The smallest absolute Gasteiger partial charge is 0.275 e. The van der Waals surface area contributed by atoms with Crippen LogP contribution in [0.4, 0.5) is 4.79 Å². The van der Waals surface area contributed by atoms with E-state index in [-0.39, 0.29) is 6.42 Å². The van der Waals surface area contributed by atoms with Crippen molar-refractivity contribution >= 4 is 17.8 Å². The summed E-state index contributed by atoms with van der Waals surface area (Å²) in [6, 6.07) is 8.48. The van der Waals surface area contributed by atoms with Crippen LogP contribution in [0.1, 0.15) is 32.8 Å². The zero-order chi connectivity index (χ0) is 17.1. The van der Waals surface area contributed by atoms with Crippen molar-refractivity contribution < 1.29 is 24.2 Å². The Morgan fingerprint density at radius 1 is 1.00 bits per heavy atom. The molecule has 0 bridgehead atoms. The van der Waals surface area contributed by atoms with Crippen LogP contribution < -0.4 is 10.6 Å². The summed E-state index contributed by atoms with van der Waals surface area (Å²) in [6.07, 6.45) is 0.446. The van der Waals surface area contributed by atoms with E-state index in [1.54, 1.807) is 20.8 Å². The molecule has 2 rings (SSSR count). The molecule has 0 atom stereocenters. The Morgan fingerprint density at radius 2 is 1.57 bits per heavy atom. The van der Waals surface area contributed by atoms with Gasteiger partial charge in [0.15, 0.2) is 0 Å². The van der Waals surface area contributed by atoms with Crippen LogP contribution in [-0.2, 0) is 25.8 Å². The normalized spacial score (nSPS) is 17.6. The highest BCUT2D eigenvalue weighted by atomic mass is 17.2. The zero-order valence-corrected chi connectivity index (χ0v) is 13.3. The first-order chi connectivity index (χ1) is 10.7. The quantitative estimate of drug-likeness (QED) is 0.487. The molecule has 0 unspecified atom stereocenters. The van der Waals surface area contributed by atoms with Gasteiger partial charge in [0.1, 0.15) is 0 Å². The van der Waals surface area contributed by atoms with Crippen molar-refractivity contribution in [2.45, 2.75) is 44.8 Å². The third kappa shape index (κ3) is 4.14. The summed E-state index contributed by atoms with van der Waals surface area (Å²) >= 11 is 0. The van der Waals surface area contributed by atoms with Crippen molar-refractivity contribution in [2.24, 2.45) is 0 Å². The molecule has 1 aliphatic heterocycles. The van der Waals surface area contributed by atoms with Crippen molar-refractivity contribution in [3.05, 3.63) is 35.9 Å². The Labute approximate surface area is 134 Å². The van der Waals surface area contributed by atoms with Gasteiger partial charge in [-0.25, -0.2) is 14.6 Å². The lowest BCUT2D eigenvalue weighted by atomic mass is 9.91. The minimum atomic E-state index is -1.91. The van der Waals surface area contributed by atoms with Crippen molar-refractivity contribution in [3.63, 3.8) is 0 Å². The van der Waals surface area contributed by atoms with E-state index in [4.69, 9.17) is 9.78 Å². The lowest BCUT2D eigenvalue weighted by molar-refractivity contribution is -0.385. The van der Waals surface area contributed by atoms with Gasteiger partial charge >= 0.3 is 6.03 Å². The van der Waals surface area contributed by atoms with Crippen LogP contribution >= 0.6 is 0 Å². The Kier molecular flexibility index (Phi) is 4.82. The summed E-state index contributed by atoms with van der Waals surface area (Å²) in [5.74, 6) is -1.65. The Hall–Kier alpha value is -2.25. The largest absolute Gasteiger partial charge is 0.328 e. The van der Waals surface area contributed by atoms with Gasteiger partial charge in [0.2, 0.25) is 0 Å². The van der Waals surface area contributed by atoms with E-state index in [9.17, 15) is 14.4 Å². The van der Waals surface area contributed by atoms with E-state index in [0.29, 0.717) is 6.42 Å². The fraction of sp³-hybridized carbons (Fsp3) is 0.438. The number of hydrogen-bond donors (Lipinski definition) is 2. The van der Waals surface area contributed by atoms with E-state index >= 15 is 0 Å². The average molecular weight is 320 g/mol. The number of rotatable bonds is 5. The summed E-state index contributed by atoms with van der Waals surface area (Å²) in [5.41, 5.74) is -1.69. The van der Waals surface area contributed by atoms with Crippen LogP contribution in [0.2, 0.25) is 0 Å². The first-order valence-corrected chi connectivity index (χ1v) is 7.31. The minimum Gasteiger partial charge on any atom is -0.275 e. The van der Waals surface area contributed by atoms with Crippen molar-refractivity contribution in [2.75, 3.05) is 0 Å². The third-order valence-corrected chi connectivity index (χ3v) is 3.23. The highest BCUT2D eigenvalue weighted by Crippen LogP contribution is 2.25. The monoisotopic (exact) mass is 320 g/mol. The lowest BCUT2D eigenvalue weighted by Gasteiger charge is -2.34. The van der Waals surface area contributed by atoms with Crippen LogP contribution in [0.15, 0.2) is 30.3 Å². The Morgan fingerprint density at radius 3 is 2.09 bits per heavy atom.